The molecular formula is C17H17N3O3S. The van der Waals surface area contributed by atoms with E-state index in [1.54, 1.807) is 17.4 Å². The maximum absolute atomic E-state index is 12.9. The Morgan fingerprint density at radius 3 is 2.92 bits per heavy atom. The summed E-state index contributed by atoms with van der Waals surface area (Å²) < 4.78 is 10.6. The topological polar surface area (TPSA) is 72.4 Å². The molecule has 1 aliphatic rings. The van der Waals surface area contributed by atoms with E-state index in [4.69, 9.17) is 9.05 Å². The molecule has 0 aromatic carbocycles. The van der Waals surface area contributed by atoms with Gasteiger partial charge in [-0.25, -0.2) is 0 Å². The fraction of sp³-hybridized carbons (Fsp3) is 0.353. The number of likely N-dealkylation sites (tertiary alicyclic amines) is 1. The highest BCUT2D eigenvalue weighted by Crippen LogP contribution is 2.36. The van der Waals surface area contributed by atoms with Crippen LogP contribution in [0.15, 0.2) is 32.6 Å². The van der Waals surface area contributed by atoms with Gasteiger partial charge in [0.1, 0.15) is 5.76 Å². The van der Waals surface area contributed by atoms with Crippen molar-refractivity contribution in [2.24, 2.45) is 0 Å². The van der Waals surface area contributed by atoms with Crippen LogP contribution in [0.4, 0.5) is 0 Å². The largest absolute Gasteiger partial charge is 0.361 e. The number of amides is 1. The molecule has 6 nitrogen and oxygen atoms in total. The maximum atomic E-state index is 12.9. The molecular weight excluding hydrogens is 326 g/mol. The van der Waals surface area contributed by atoms with Crippen LogP contribution < -0.4 is 0 Å². The van der Waals surface area contributed by atoms with Gasteiger partial charge in [0.25, 0.3) is 5.91 Å². The summed E-state index contributed by atoms with van der Waals surface area (Å²) in [5.74, 6) is 1.29. The zero-order valence-electron chi connectivity index (χ0n) is 13.5. The van der Waals surface area contributed by atoms with Crippen LogP contribution in [0.5, 0.6) is 0 Å². The average Bonchev–Trinajstić information content (AvgIpc) is 3.34. The molecule has 0 N–H and O–H groups in total. The number of rotatable bonds is 3. The van der Waals surface area contributed by atoms with E-state index in [1.165, 1.54) is 0 Å². The standard InChI is InChI=1S/C17H17N3O3S/c1-10-16(11(2)22-18-10)13-5-3-7-20(13)17(21)12-9-14(23-19-12)15-6-4-8-24-15/h4,6,8-9,13H,3,5,7H2,1-2H3/t13-/m0/s1. The van der Waals surface area contributed by atoms with E-state index < -0.39 is 0 Å². The van der Waals surface area contributed by atoms with Gasteiger partial charge in [0.05, 0.1) is 16.6 Å². The molecule has 0 spiro atoms. The van der Waals surface area contributed by atoms with Gasteiger partial charge in [-0.3, -0.25) is 4.79 Å². The Balaban J connectivity index is 1.62. The molecule has 1 atom stereocenters. The minimum Gasteiger partial charge on any atom is -0.361 e. The fourth-order valence-electron chi connectivity index (χ4n) is 3.33. The molecule has 7 heteroatoms. The molecule has 4 rings (SSSR count). The molecule has 0 unspecified atom stereocenters. The number of aryl methyl sites for hydroxylation is 2. The van der Waals surface area contributed by atoms with Crippen LogP contribution in [0.25, 0.3) is 10.6 Å². The summed E-state index contributed by atoms with van der Waals surface area (Å²) in [7, 11) is 0. The van der Waals surface area contributed by atoms with E-state index in [9.17, 15) is 4.79 Å². The third kappa shape index (κ3) is 2.45. The minimum absolute atomic E-state index is 0.00867. The first-order valence-electron chi connectivity index (χ1n) is 7.89. The van der Waals surface area contributed by atoms with Gasteiger partial charge >= 0.3 is 0 Å². The van der Waals surface area contributed by atoms with Crippen molar-refractivity contribution in [1.29, 1.82) is 0 Å². The van der Waals surface area contributed by atoms with Gasteiger partial charge in [0.15, 0.2) is 11.5 Å². The number of hydrogen-bond donors (Lipinski definition) is 0. The predicted molar refractivity (Wildman–Crippen MR) is 88.8 cm³/mol. The molecule has 24 heavy (non-hydrogen) atoms. The molecule has 0 saturated carbocycles. The van der Waals surface area contributed by atoms with Crippen LogP contribution in [0, 0.1) is 13.8 Å². The zero-order chi connectivity index (χ0) is 16.7. The number of carbonyl (C=O) groups excluding carboxylic acids is 1. The summed E-state index contributed by atoms with van der Waals surface area (Å²) in [6.45, 7) is 4.51. The van der Waals surface area contributed by atoms with E-state index in [0.29, 0.717) is 18.0 Å². The lowest BCUT2D eigenvalue weighted by molar-refractivity contribution is 0.0724. The SMILES string of the molecule is Cc1noc(C)c1[C@@H]1CCCN1C(=O)c1cc(-c2cccs2)on1. The molecule has 3 aromatic heterocycles. The van der Waals surface area contributed by atoms with Gasteiger partial charge in [-0.2, -0.15) is 0 Å². The first-order chi connectivity index (χ1) is 11.6. The summed E-state index contributed by atoms with van der Waals surface area (Å²) in [4.78, 5) is 15.7. The molecule has 124 valence electrons. The molecule has 4 heterocycles. The Morgan fingerprint density at radius 2 is 2.21 bits per heavy atom. The molecule has 1 amide bonds. The van der Waals surface area contributed by atoms with Crippen molar-refractivity contribution in [3.8, 4) is 10.6 Å². The third-order valence-corrected chi connectivity index (χ3v) is 5.31. The van der Waals surface area contributed by atoms with E-state index in [1.807, 2.05) is 36.3 Å². The lowest BCUT2D eigenvalue weighted by atomic mass is 10.0. The normalized spacial score (nSPS) is 17.6. The minimum atomic E-state index is -0.107. The number of thiophene rings is 1. The first-order valence-corrected chi connectivity index (χ1v) is 8.77. The second-order valence-electron chi connectivity index (χ2n) is 5.95. The van der Waals surface area contributed by atoms with Crippen LogP contribution in [-0.4, -0.2) is 27.7 Å². The Hall–Kier alpha value is -2.41. The third-order valence-electron chi connectivity index (χ3n) is 4.43. The van der Waals surface area contributed by atoms with Crippen LogP contribution >= 0.6 is 11.3 Å². The monoisotopic (exact) mass is 343 g/mol. The second kappa shape index (κ2) is 5.90. The molecule has 3 aromatic rings. The summed E-state index contributed by atoms with van der Waals surface area (Å²) in [6, 6.07) is 5.60. The van der Waals surface area contributed by atoms with Gasteiger partial charge < -0.3 is 13.9 Å². The van der Waals surface area contributed by atoms with Crippen molar-refractivity contribution in [1.82, 2.24) is 15.2 Å². The summed E-state index contributed by atoms with van der Waals surface area (Å²) in [5, 5.41) is 9.96. The van der Waals surface area contributed by atoms with Crippen LogP contribution in [-0.2, 0) is 0 Å². The van der Waals surface area contributed by atoms with E-state index in [0.717, 1.165) is 34.7 Å². The zero-order valence-corrected chi connectivity index (χ0v) is 14.3. The highest BCUT2D eigenvalue weighted by molar-refractivity contribution is 7.13. The van der Waals surface area contributed by atoms with Crippen molar-refractivity contribution in [3.63, 3.8) is 0 Å². The lowest BCUT2D eigenvalue weighted by Gasteiger charge is -2.23. The highest BCUT2D eigenvalue weighted by atomic mass is 32.1. The number of hydrogen-bond acceptors (Lipinski definition) is 6. The van der Waals surface area contributed by atoms with E-state index >= 15 is 0 Å². The van der Waals surface area contributed by atoms with Crippen LogP contribution in [0.2, 0.25) is 0 Å². The Bertz CT molecular complexity index is 846. The van der Waals surface area contributed by atoms with Crippen molar-refractivity contribution in [2.45, 2.75) is 32.7 Å². The summed E-state index contributed by atoms with van der Waals surface area (Å²) >= 11 is 1.56. The van der Waals surface area contributed by atoms with Gasteiger partial charge in [0, 0.05) is 18.2 Å². The Kier molecular flexibility index (Phi) is 3.72. The van der Waals surface area contributed by atoms with Gasteiger partial charge in [0.2, 0.25) is 0 Å². The molecule has 0 bridgehead atoms. The van der Waals surface area contributed by atoms with Crippen molar-refractivity contribution in [3.05, 3.63) is 46.3 Å². The van der Waals surface area contributed by atoms with Gasteiger partial charge in [-0.05, 0) is 38.1 Å². The summed E-state index contributed by atoms with van der Waals surface area (Å²) in [6.07, 6.45) is 1.86. The van der Waals surface area contributed by atoms with Crippen molar-refractivity contribution < 1.29 is 13.8 Å². The molecule has 1 aliphatic heterocycles. The Labute approximate surface area is 143 Å². The number of aromatic nitrogens is 2. The quantitative estimate of drug-likeness (QED) is 0.719. The van der Waals surface area contributed by atoms with E-state index in [2.05, 4.69) is 10.3 Å². The molecule has 1 saturated heterocycles. The molecule has 0 radical (unpaired) electrons. The highest BCUT2D eigenvalue weighted by Gasteiger charge is 2.35. The lowest BCUT2D eigenvalue weighted by Crippen LogP contribution is -2.31. The first kappa shape index (κ1) is 15.1. The van der Waals surface area contributed by atoms with Crippen molar-refractivity contribution >= 4 is 17.2 Å². The summed E-state index contributed by atoms with van der Waals surface area (Å²) in [5.41, 5.74) is 2.21. The smallest absolute Gasteiger partial charge is 0.276 e. The number of carbonyl (C=O) groups is 1. The van der Waals surface area contributed by atoms with Crippen molar-refractivity contribution in [2.75, 3.05) is 6.54 Å². The molecule has 1 fully saturated rings. The maximum Gasteiger partial charge on any atom is 0.276 e. The average molecular weight is 343 g/mol. The van der Waals surface area contributed by atoms with Crippen LogP contribution in [0.1, 0.15) is 46.4 Å². The number of nitrogens with zero attached hydrogens (tertiary/aromatic N) is 3. The predicted octanol–water partition coefficient (Wildman–Crippen LogP) is 3.99. The van der Waals surface area contributed by atoms with Gasteiger partial charge in [-0.1, -0.05) is 16.4 Å². The van der Waals surface area contributed by atoms with E-state index in [-0.39, 0.29) is 11.9 Å². The molecule has 0 aliphatic carbocycles. The Morgan fingerprint density at radius 1 is 1.33 bits per heavy atom. The van der Waals surface area contributed by atoms with Crippen LogP contribution in [0.3, 0.4) is 0 Å². The van der Waals surface area contributed by atoms with Gasteiger partial charge in [-0.15, -0.1) is 11.3 Å². The second-order valence-corrected chi connectivity index (χ2v) is 6.90. The fourth-order valence-corrected chi connectivity index (χ4v) is 4.01.